The molecule has 1 heterocycles. The summed E-state index contributed by atoms with van der Waals surface area (Å²) in [4.78, 5) is 0. The fraction of sp³-hybridized carbons (Fsp3) is 0.143. The van der Waals surface area contributed by atoms with Crippen molar-refractivity contribution < 1.29 is 0 Å². The second-order valence-electron chi connectivity index (χ2n) is 2.55. The Labute approximate surface area is 78.5 Å². The number of halogens is 1. The Morgan fingerprint density at radius 3 is 2.83 bits per heavy atom. The van der Waals surface area contributed by atoms with Gasteiger partial charge in [0.15, 0.2) is 0 Å². The molecule has 0 unspecified atom stereocenters. The van der Waals surface area contributed by atoms with E-state index in [4.69, 9.17) is 17.3 Å². The molecule has 0 saturated heterocycles. The van der Waals surface area contributed by atoms with Crippen molar-refractivity contribution in [2.24, 2.45) is 0 Å². The van der Waals surface area contributed by atoms with E-state index in [0.717, 1.165) is 22.8 Å². The SMILES string of the molecule is Cc1cc(Cl)c(N)c2nsnc12. The lowest BCUT2D eigenvalue weighted by Gasteiger charge is -1.99. The Kier molecular flexibility index (Phi) is 1.66. The lowest BCUT2D eigenvalue weighted by molar-refractivity contribution is 1.48. The lowest BCUT2D eigenvalue weighted by Crippen LogP contribution is -1.89. The number of fused-ring (bicyclic) bond motifs is 1. The van der Waals surface area contributed by atoms with Crippen molar-refractivity contribution in [3.63, 3.8) is 0 Å². The number of hydrogen-bond acceptors (Lipinski definition) is 4. The average Bonchev–Trinajstić information content (AvgIpc) is 2.48. The molecule has 2 rings (SSSR count). The highest BCUT2D eigenvalue weighted by atomic mass is 35.5. The molecule has 12 heavy (non-hydrogen) atoms. The van der Waals surface area contributed by atoms with E-state index in [1.54, 1.807) is 6.07 Å². The van der Waals surface area contributed by atoms with E-state index in [1.165, 1.54) is 0 Å². The third-order valence-corrected chi connectivity index (χ3v) is 2.56. The minimum atomic E-state index is 0.519. The van der Waals surface area contributed by atoms with Crippen molar-refractivity contribution in [2.75, 3.05) is 5.73 Å². The highest BCUT2D eigenvalue weighted by molar-refractivity contribution is 7.00. The van der Waals surface area contributed by atoms with Gasteiger partial charge in [0.25, 0.3) is 0 Å². The molecule has 62 valence electrons. The molecule has 0 atom stereocenters. The normalized spacial score (nSPS) is 10.8. The summed E-state index contributed by atoms with van der Waals surface area (Å²) in [5, 5.41) is 0.549. The molecule has 1 aromatic heterocycles. The smallest absolute Gasteiger partial charge is 0.129 e. The second kappa shape index (κ2) is 2.57. The maximum Gasteiger partial charge on any atom is 0.129 e. The van der Waals surface area contributed by atoms with E-state index in [2.05, 4.69) is 8.75 Å². The van der Waals surface area contributed by atoms with Crippen LogP contribution in [0.4, 0.5) is 5.69 Å². The first-order valence-corrected chi connectivity index (χ1v) is 4.48. The number of aryl methyl sites for hydroxylation is 1. The molecular weight excluding hydrogens is 194 g/mol. The van der Waals surface area contributed by atoms with E-state index < -0.39 is 0 Å². The first kappa shape index (κ1) is 7.76. The van der Waals surface area contributed by atoms with Gasteiger partial charge in [-0.15, -0.1) is 0 Å². The minimum absolute atomic E-state index is 0.519. The van der Waals surface area contributed by atoms with Crippen molar-refractivity contribution in [2.45, 2.75) is 6.92 Å². The second-order valence-corrected chi connectivity index (χ2v) is 3.49. The van der Waals surface area contributed by atoms with Gasteiger partial charge in [0.1, 0.15) is 11.0 Å². The van der Waals surface area contributed by atoms with Crippen LogP contribution in [0.2, 0.25) is 5.02 Å². The Morgan fingerprint density at radius 1 is 1.42 bits per heavy atom. The predicted octanol–water partition coefficient (Wildman–Crippen LogP) is 2.24. The number of nitrogens with zero attached hydrogens (tertiary/aromatic N) is 2. The predicted molar refractivity (Wildman–Crippen MR) is 51.6 cm³/mol. The fourth-order valence-electron chi connectivity index (χ4n) is 1.07. The Balaban J connectivity index is 2.97. The molecule has 5 heteroatoms. The molecule has 0 radical (unpaired) electrons. The molecule has 0 amide bonds. The summed E-state index contributed by atoms with van der Waals surface area (Å²) in [6.07, 6.45) is 0. The molecule has 0 fully saturated rings. The summed E-state index contributed by atoms with van der Waals surface area (Å²) >= 11 is 7.01. The van der Waals surface area contributed by atoms with Crippen molar-refractivity contribution in [1.82, 2.24) is 8.75 Å². The maximum atomic E-state index is 5.86. The quantitative estimate of drug-likeness (QED) is 0.662. The zero-order chi connectivity index (χ0) is 8.72. The number of nitrogen functional groups attached to an aromatic ring is 1. The summed E-state index contributed by atoms with van der Waals surface area (Å²) < 4.78 is 8.17. The molecule has 0 aliphatic heterocycles. The van der Waals surface area contributed by atoms with Gasteiger partial charge in [0.05, 0.1) is 22.4 Å². The van der Waals surface area contributed by atoms with Crippen LogP contribution in [0.25, 0.3) is 11.0 Å². The monoisotopic (exact) mass is 199 g/mol. The number of hydrogen-bond donors (Lipinski definition) is 1. The first-order chi connectivity index (χ1) is 5.70. The molecular formula is C7H6ClN3S. The maximum absolute atomic E-state index is 5.86. The molecule has 2 aromatic rings. The fourth-order valence-corrected chi connectivity index (χ4v) is 1.95. The highest BCUT2D eigenvalue weighted by Crippen LogP contribution is 2.29. The molecule has 0 bridgehead atoms. The van der Waals surface area contributed by atoms with Gasteiger partial charge in [-0.25, -0.2) is 0 Å². The van der Waals surface area contributed by atoms with E-state index in [0.29, 0.717) is 16.2 Å². The van der Waals surface area contributed by atoms with Crippen LogP contribution in [0, 0.1) is 6.92 Å². The van der Waals surface area contributed by atoms with Crippen LogP contribution in [0.15, 0.2) is 6.07 Å². The van der Waals surface area contributed by atoms with Crippen LogP contribution in [-0.4, -0.2) is 8.75 Å². The third kappa shape index (κ3) is 0.956. The zero-order valence-corrected chi connectivity index (χ0v) is 7.91. The lowest BCUT2D eigenvalue weighted by atomic mass is 10.2. The van der Waals surface area contributed by atoms with Gasteiger partial charge < -0.3 is 5.73 Å². The summed E-state index contributed by atoms with van der Waals surface area (Å²) in [6.45, 7) is 1.94. The summed E-state index contributed by atoms with van der Waals surface area (Å²) in [5.74, 6) is 0. The number of nitrogens with two attached hydrogens (primary N) is 1. The first-order valence-electron chi connectivity index (χ1n) is 3.37. The van der Waals surface area contributed by atoms with Crippen LogP contribution in [0.3, 0.4) is 0 Å². The largest absolute Gasteiger partial charge is 0.396 e. The van der Waals surface area contributed by atoms with Crippen molar-refractivity contribution in [3.05, 3.63) is 16.7 Å². The molecule has 3 nitrogen and oxygen atoms in total. The summed E-state index contributed by atoms with van der Waals surface area (Å²) in [6, 6.07) is 1.81. The number of rotatable bonds is 0. The van der Waals surface area contributed by atoms with E-state index in [-0.39, 0.29) is 0 Å². The van der Waals surface area contributed by atoms with E-state index in [1.807, 2.05) is 6.92 Å². The Hall–Kier alpha value is -0.870. The van der Waals surface area contributed by atoms with Gasteiger partial charge in [-0.3, -0.25) is 0 Å². The van der Waals surface area contributed by atoms with Gasteiger partial charge in [-0.2, -0.15) is 8.75 Å². The van der Waals surface area contributed by atoms with Gasteiger partial charge in [0, 0.05) is 0 Å². The summed E-state index contributed by atoms with van der Waals surface area (Å²) in [5.41, 5.74) is 8.80. The molecule has 0 aliphatic carbocycles. The molecule has 0 spiro atoms. The van der Waals surface area contributed by atoms with Gasteiger partial charge in [-0.1, -0.05) is 11.6 Å². The highest BCUT2D eigenvalue weighted by Gasteiger charge is 2.08. The van der Waals surface area contributed by atoms with Gasteiger partial charge in [-0.05, 0) is 18.6 Å². The van der Waals surface area contributed by atoms with E-state index >= 15 is 0 Å². The van der Waals surface area contributed by atoms with Crippen molar-refractivity contribution in [3.8, 4) is 0 Å². The van der Waals surface area contributed by atoms with Gasteiger partial charge in [0.2, 0.25) is 0 Å². The van der Waals surface area contributed by atoms with Crippen molar-refractivity contribution >= 4 is 40.0 Å². The van der Waals surface area contributed by atoms with Gasteiger partial charge >= 0.3 is 0 Å². The Morgan fingerprint density at radius 2 is 2.08 bits per heavy atom. The Bertz CT molecular complexity index is 437. The minimum Gasteiger partial charge on any atom is -0.396 e. The molecule has 1 aromatic carbocycles. The number of anilines is 1. The molecule has 0 saturated carbocycles. The van der Waals surface area contributed by atoms with Crippen molar-refractivity contribution in [1.29, 1.82) is 0 Å². The zero-order valence-electron chi connectivity index (χ0n) is 6.34. The van der Waals surface area contributed by atoms with Crippen LogP contribution in [0.1, 0.15) is 5.56 Å². The average molecular weight is 200 g/mol. The van der Waals surface area contributed by atoms with Crippen LogP contribution < -0.4 is 5.73 Å². The number of benzene rings is 1. The van der Waals surface area contributed by atoms with Crippen LogP contribution >= 0.6 is 23.3 Å². The standard InChI is InChI=1S/C7H6ClN3S/c1-3-2-4(8)5(9)7-6(3)10-12-11-7/h2H,9H2,1H3. The van der Waals surface area contributed by atoms with E-state index in [9.17, 15) is 0 Å². The topological polar surface area (TPSA) is 51.8 Å². The van der Waals surface area contributed by atoms with Crippen LogP contribution in [-0.2, 0) is 0 Å². The van der Waals surface area contributed by atoms with Crippen LogP contribution in [0.5, 0.6) is 0 Å². The number of aromatic nitrogens is 2. The molecule has 0 aliphatic rings. The molecule has 2 N–H and O–H groups in total. The summed E-state index contributed by atoms with van der Waals surface area (Å²) in [7, 11) is 0. The third-order valence-electron chi connectivity index (χ3n) is 1.72.